The summed E-state index contributed by atoms with van der Waals surface area (Å²) < 4.78 is 10.4. The van der Waals surface area contributed by atoms with E-state index in [1.54, 1.807) is 0 Å². The van der Waals surface area contributed by atoms with E-state index >= 15 is 0 Å². The Morgan fingerprint density at radius 3 is 3.00 bits per heavy atom. The molecule has 0 amide bonds. The molecule has 1 aliphatic carbocycles. The maximum absolute atomic E-state index is 5.25. The average molecular weight is 239 g/mol. The highest BCUT2D eigenvalue weighted by Gasteiger charge is 2.15. The van der Waals surface area contributed by atoms with Crippen molar-refractivity contribution in [3.63, 3.8) is 0 Å². The predicted molar refractivity (Wildman–Crippen MR) is 63.6 cm³/mol. The zero-order valence-electron chi connectivity index (χ0n) is 10.4. The van der Waals surface area contributed by atoms with Gasteiger partial charge >= 0.3 is 0 Å². The lowest BCUT2D eigenvalue weighted by atomic mass is 10.2. The lowest BCUT2D eigenvalue weighted by Crippen LogP contribution is -2.25. The van der Waals surface area contributed by atoms with E-state index in [2.05, 4.69) is 15.5 Å². The molecule has 0 saturated heterocycles. The zero-order chi connectivity index (χ0) is 11.9. The minimum Gasteiger partial charge on any atom is -0.381 e. The maximum Gasteiger partial charge on any atom is 0.240 e. The molecule has 0 radical (unpaired) electrons. The first-order valence-electron chi connectivity index (χ1n) is 6.51. The fourth-order valence-electron chi connectivity index (χ4n) is 2.13. The summed E-state index contributed by atoms with van der Waals surface area (Å²) in [5.74, 6) is 1.42. The Balaban J connectivity index is 1.69. The molecule has 0 aromatic carbocycles. The first-order valence-corrected chi connectivity index (χ1v) is 6.51. The number of hydrogen-bond donors (Lipinski definition) is 1. The van der Waals surface area contributed by atoms with E-state index < -0.39 is 0 Å². The lowest BCUT2D eigenvalue weighted by Gasteiger charge is -2.08. The van der Waals surface area contributed by atoms with Gasteiger partial charge in [-0.1, -0.05) is 18.0 Å². The van der Waals surface area contributed by atoms with Gasteiger partial charge in [-0.25, -0.2) is 0 Å². The lowest BCUT2D eigenvalue weighted by molar-refractivity contribution is 0.149. The minimum absolute atomic E-state index is 0.633. The van der Waals surface area contributed by atoms with Crippen LogP contribution in [0.25, 0.3) is 0 Å². The van der Waals surface area contributed by atoms with Gasteiger partial charge in [0.05, 0.1) is 13.2 Å². The third-order valence-electron chi connectivity index (χ3n) is 3.08. The van der Waals surface area contributed by atoms with E-state index in [9.17, 15) is 0 Å². The van der Waals surface area contributed by atoms with Crippen LogP contribution in [-0.4, -0.2) is 29.4 Å². The van der Waals surface area contributed by atoms with Crippen molar-refractivity contribution < 1.29 is 9.26 Å². The highest BCUT2D eigenvalue weighted by atomic mass is 16.5. The van der Waals surface area contributed by atoms with Crippen LogP contribution >= 0.6 is 0 Å². The van der Waals surface area contributed by atoms with Gasteiger partial charge in [-0.05, 0) is 19.8 Å². The molecule has 0 atom stereocenters. The summed E-state index contributed by atoms with van der Waals surface area (Å²) in [5, 5.41) is 7.38. The van der Waals surface area contributed by atoms with Crippen LogP contribution in [-0.2, 0) is 17.7 Å². The molecule has 0 unspecified atom stereocenters. The van der Waals surface area contributed by atoms with Crippen LogP contribution < -0.4 is 5.32 Å². The van der Waals surface area contributed by atoms with Crippen LogP contribution in [0.1, 0.15) is 44.3 Å². The Morgan fingerprint density at radius 2 is 2.24 bits per heavy atom. The molecule has 0 bridgehead atoms. The number of nitrogens with one attached hydrogen (secondary N) is 1. The molecular formula is C12H21N3O2. The summed E-state index contributed by atoms with van der Waals surface area (Å²) in [6.45, 7) is 4.05. The molecule has 1 aromatic heterocycles. The van der Waals surface area contributed by atoms with E-state index in [1.807, 2.05) is 6.92 Å². The Kier molecular flexibility index (Phi) is 4.94. The fraction of sp³-hybridized carbons (Fsp3) is 0.833. The van der Waals surface area contributed by atoms with Crippen LogP contribution in [0.15, 0.2) is 4.52 Å². The van der Waals surface area contributed by atoms with E-state index in [0.29, 0.717) is 25.1 Å². The summed E-state index contributed by atoms with van der Waals surface area (Å²) in [6.07, 6.45) is 5.93. The first kappa shape index (κ1) is 12.5. The topological polar surface area (TPSA) is 60.2 Å². The van der Waals surface area contributed by atoms with Gasteiger partial charge < -0.3 is 14.6 Å². The van der Waals surface area contributed by atoms with E-state index in [4.69, 9.17) is 9.26 Å². The van der Waals surface area contributed by atoms with Crippen LogP contribution in [0.4, 0.5) is 0 Å². The number of hydrogen-bond acceptors (Lipinski definition) is 5. The Labute approximate surface area is 102 Å². The smallest absolute Gasteiger partial charge is 0.240 e. The maximum atomic E-state index is 5.25. The zero-order valence-corrected chi connectivity index (χ0v) is 10.4. The SMILES string of the molecule is CCOCCc1noc(CNC2CCCC2)n1. The second kappa shape index (κ2) is 6.71. The number of rotatable bonds is 7. The summed E-state index contributed by atoms with van der Waals surface area (Å²) in [6, 6.07) is 0.633. The molecule has 2 rings (SSSR count). The van der Waals surface area contributed by atoms with Crippen molar-refractivity contribution in [3.05, 3.63) is 11.7 Å². The summed E-state index contributed by atoms with van der Waals surface area (Å²) >= 11 is 0. The summed E-state index contributed by atoms with van der Waals surface area (Å²) in [4.78, 5) is 4.32. The van der Waals surface area contributed by atoms with Gasteiger partial charge in [0.2, 0.25) is 5.89 Å². The Hall–Kier alpha value is -0.940. The van der Waals surface area contributed by atoms with Crippen molar-refractivity contribution in [1.82, 2.24) is 15.5 Å². The highest BCUT2D eigenvalue weighted by Crippen LogP contribution is 2.17. The van der Waals surface area contributed by atoms with Crippen LogP contribution in [0.5, 0.6) is 0 Å². The molecule has 5 nitrogen and oxygen atoms in total. The molecular weight excluding hydrogens is 218 g/mol. The van der Waals surface area contributed by atoms with Gasteiger partial charge in [-0.15, -0.1) is 0 Å². The van der Waals surface area contributed by atoms with Gasteiger partial charge in [-0.2, -0.15) is 4.98 Å². The van der Waals surface area contributed by atoms with Crippen molar-refractivity contribution in [3.8, 4) is 0 Å². The quantitative estimate of drug-likeness (QED) is 0.734. The second-order valence-electron chi connectivity index (χ2n) is 4.41. The Morgan fingerprint density at radius 1 is 1.41 bits per heavy atom. The first-order chi connectivity index (χ1) is 8.38. The average Bonchev–Trinajstić information content (AvgIpc) is 2.98. The monoisotopic (exact) mass is 239 g/mol. The number of nitrogens with zero attached hydrogens (tertiary/aromatic N) is 2. The fourth-order valence-corrected chi connectivity index (χ4v) is 2.13. The van der Waals surface area contributed by atoms with Gasteiger partial charge in [0.25, 0.3) is 0 Å². The molecule has 1 N–H and O–H groups in total. The third kappa shape index (κ3) is 4.09. The van der Waals surface area contributed by atoms with Crippen molar-refractivity contribution in [2.75, 3.05) is 13.2 Å². The molecule has 5 heteroatoms. The van der Waals surface area contributed by atoms with Crippen molar-refractivity contribution >= 4 is 0 Å². The highest BCUT2D eigenvalue weighted by molar-refractivity contribution is 4.87. The van der Waals surface area contributed by atoms with Gasteiger partial charge in [0.15, 0.2) is 5.82 Å². The minimum atomic E-state index is 0.633. The summed E-state index contributed by atoms with van der Waals surface area (Å²) in [5.41, 5.74) is 0. The second-order valence-corrected chi connectivity index (χ2v) is 4.41. The molecule has 1 aromatic rings. The van der Waals surface area contributed by atoms with Crippen molar-refractivity contribution in [1.29, 1.82) is 0 Å². The largest absolute Gasteiger partial charge is 0.381 e. The van der Waals surface area contributed by atoms with E-state index in [-0.39, 0.29) is 0 Å². The summed E-state index contributed by atoms with van der Waals surface area (Å²) in [7, 11) is 0. The number of aromatic nitrogens is 2. The van der Waals surface area contributed by atoms with E-state index in [0.717, 1.165) is 18.9 Å². The number of ether oxygens (including phenoxy) is 1. The third-order valence-corrected chi connectivity index (χ3v) is 3.08. The molecule has 0 spiro atoms. The van der Waals surface area contributed by atoms with Gasteiger partial charge in [0, 0.05) is 19.1 Å². The molecule has 0 aliphatic heterocycles. The van der Waals surface area contributed by atoms with Crippen molar-refractivity contribution in [2.24, 2.45) is 0 Å². The van der Waals surface area contributed by atoms with Crippen LogP contribution in [0.2, 0.25) is 0 Å². The van der Waals surface area contributed by atoms with Crippen LogP contribution in [0.3, 0.4) is 0 Å². The normalized spacial score (nSPS) is 16.8. The van der Waals surface area contributed by atoms with Crippen LogP contribution in [0, 0.1) is 0 Å². The van der Waals surface area contributed by atoms with Gasteiger partial charge in [0.1, 0.15) is 0 Å². The predicted octanol–water partition coefficient (Wildman–Crippen LogP) is 1.68. The van der Waals surface area contributed by atoms with Crippen molar-refractivity contribution in [2.45, 2.75) is 51.6 Å². The molecule has 1 fully saturated rings. The van der Waals surface area contributed by atoms with E-state index in [1.165, 1.54) is 25.7 Å². The Bertz CT molecular complexity index is 321. The standard InChI is InChI=1S/C12H21N3O2/c1-2-16-8-7-11-14-12(17-15-11)9-13-10-5-3-4-6-10/h10,13H,2-9H2,1H3. The van der Waals surface area contributed by atoms with Gasteiger partial charge in [-0.3, -0.25) is 0 Å². The molecule has 1 aliphatic rings. The molecule has 17 heavy (non-hydrogen) atoms. The molecule has 1 saturated carbocycles. The molecule has 96 valence electrons. The molecule has 1 heterocycles.